The molecule has 0 spiro atoms. The fraction of sp³-hybridized carbons (Fsp3) is 0.364. The molecule has 0 heterocycles. The first kappa shape index (κ1) is 15.3. The molecule has 0 aromatic heterocycles. The molecule has 0 fully saturated rings. The van der Waals surface area contributed by atoms with Gasteiger partial charge in [-0.1, -0.05) is 23.2 Å². The molecule has 1 aromatic carbocycles. The molecule has 0 aliphatic carbocycles. The summed E-state index contributed by atoms with van der Waals surface area (Å²) in [6.45, 7) is 1.89. The minimum Gasteiger partial charge on any atom is -0.466 e. The van der Waals surface area contributed by atoms with Crippen molar-refractivity contribution in [3.8, 4) is 0 Å². The van der Waals surface area contributed by atoms with E-state index in [1.54, 1.807) is 6.92 Å². The summed E-state index contributed by atoms with van der Waals surface area (Å²) in [6.07, 6.45) is -0.184. The molecule has 1 rings (SSSR count). The number of carbonyl (C=O) groups is 1. The average molecular weight is 311 g/mol. The second-order valence-electron chi connectivity index (χ2n) is 3.45. The van der Waals surface area contributed by atoms with Crippen LogP contribution >= 0.6 is 23.2 Å². The van der Waals surface area contributed by atoms with Gasteiger partial charge in [0.05, 0.1) is 33.7 Å². The van der Waals surface area contributed by atoms with Crippen molar-refractivity contribution in [1.29, 1.82) is 0 Å². The molecule has 0 unspecified atom stereocenters. The van der Waals surface area contributed by atoms with Gasteiger partial charge in [0.1, 0.15) is 0 Å². The van der Waals surface area contributed by atoms with Crippen molar-refractivity contribution in [3.05, 3.63) is 28.2 Å². The molecule has 18 heavy (non-hydrogen) atoms. The number of hydrogen-bond acceptors (Lipinski definition) is 4. The Bertz CT molecular complexity index is 540. The van der Waals surface area contributed by atoms with E-state index in [0.29, 0.717) is 0 Å². The number of sulfone groups is 1. The largest absolute Gasteiger partial charge is 0.466 e. The van der Waals surface area contributed by atoms with Crippen LogP contribution in [0.1, 0.15) is 13.3 Å². The van der Waals surface area contributed by atoms with Crippen molar-refractivity contribution in [2.45, 2.75) is 18.2 Å². The fourth-order valence-corrected chi connectivity index (χ4v) is 2.85. The minimum atomic E-state index is -3.56. The second-order valence-corrected chi connectivity index (χ2v) is 6.37. The van der Waals surface area contributed by atoms with E-state index in [0.717, 1.165) is 0 Å². The molecule has 0 atom stereocenters. The summed E-state index contributed by atoms with van der Waals surface area (Å²) in [5.41, 5.74) is 0. The van der Waals surface area contributed by atoms with Gasteiger partial charge in [0.25, 0.3) is 0 Å². The number of halogens is 2. The number of esters is 1. The summed E-state index contributed by atoms with van der Waals surface area (Å²) < 4.78 is 28.5. The van der Waals surface area contributed by atoms with E-state index in [2.05, 4.69) is 4.74 Å². The molecule has 0 aliphatic heterocycles. The molecule has 0 N–H and O–H groups in total. The smallest absolute Gasteiger partial charge is 0.306 e. The first-order valence-corrected chi connectivity index (χ1v) is 7.61. The lowest BCUT2D eigenvalue weighted by atomic mass is 10.4. The van der Waals surface area contributed by atoms with E-state index in [1.807, 2.05) is 0 Å². The lowest BCUT2D eigenvalue weighted by molar-refractivity contribution is -0.142. The maximum absolute atomic E-state index is 11.9. The van der Waals surface area contributed by atoms with Crippen LogP contribution in [0.5, 0.6) is 0 Å². The molecule has 0 radical (unpaired) electrons. The molecule has 0 bridgehead atoms. The van der Waals surface area contributed by atoms with Crippen LogP contribution in [0.3, 0.4) is 0 Å². The van der Waals surface area contributed by atoms with Gasteiger partial charge in [-0.3, -0.25) is 4.79 Å². The molecular formula is C11H12Cl2O4S. The Morgan fingerprint density at radius 2 is 1.94 bits per heavy atom. The standard InChI is InChI=1S/C11H12Cl2O4S/c1-2-17-11(14)5-6-18(15,16)8-3-4-9(12)10(13)7-8/h3-4,7H,2,5-6H2,1H3. The van der Waals surface area contributed by atoms with Gasteiger partial charge < -0.3 is 4.74 Å². The monoisotopic (exact) mass is 310 g/mol. The number of hydrogen-bond donors (Lipinski definition) is 0. The van der Waals surface area contributed by atoms with Gasteiger partial charge in [-0.15, -0.1) is 0 Å². The molecule has 7 heteroatoms. The minimum absolute atomic E-state index is 0.0428. The highest BCUT2D eigenvalue weighted by Gasteiger charge is 2.18. The van der Waals surface area contributed by atoms with Gasteiger partial charge >= 0.3 is 5.97 Å². The second kappa shape index (κ2) is 6.41. The number of ether oxygens (including phenoxy) is 1. The first-order valence-electron chi connectivity index (χ1n) is 5.20. The van der Waals surface area contributed by atoms with Gasteiger partial charge in [-0.2, -0.15) is 0 Å². The van der Waals surface area contributed by atoms with Gasteiger partial charge in [0.2, 0.25) is 0 Å². The average Bonchev–Trinajstić information content (AvgIpc) is 2.30. The Morgan fingerprint density at radius 1 is 1.28 bits per heavy atom. The third-order valence-corrected chi connectivity index (χ3v) is 4.58. The number of carbonyl (C=O) groups excluding carboxylic acids is 1. The summed E-state index contributed by atoms with van der Waals surface area (Å²) in [6, 6.07) is 4.03. The summed E-state index contributed by atoms with van der Waals surface area (Å²) >= 11 is 11.4. The number of benzene rings is 1. The molecule has 0 saturated heterocycles. The van der Waals surface area contributed by atoms with E-state index in [-0.39, 0.29) is 33.7 Å². The lowest BCUT2D eigenvalue weighted by Gasteiger charge is -2.05. The fourth-order valence-electron chi connectivity index (χ4n) is 1.24. The predicted octanol–water partition coefficient (Wildman–Crippen LogP) is 2.72. The van der Waals surface area contributed by atoms with Crippen LogP contribution in [0.4, 0.5) is 0 Å². The molecule has 0 amide bonds. The van der Waals surface area contributed by atoms with Gasteiger partial charge in [-0.05, 0) is 25.1 Å². The van der Waals surface area contributed by atoms with Crippen LogP contribution in [0.25, 0.3) is 0 Å². The van der Waals surface area contributed by atoms with Gasteiger partial charge in [-0.25, -0.2) is 8.42 Å². The molecule has 1 aromatic rings. The first-order chi connectivity index (χ1) is 8.36. The molecule has 4 nitrogen and oxygen atoms in total. The van der Waals surface area contributed by atoms with Crippen LogP contribution in [0.2, 0.25) is 10.0 Å². The third-order valence-electron chi connectivity index (χ3n) is 2.13. The zero-order chi connectivity index (χ0) is 13.8. The third kappa shape index (κ3) is 4.15. The Kier molecular flexibility index (Phi) is 5.44. The van der Waals surface area contributed by atoms with Crippen molar-refractivity contribution >= 4 is 39.0 Å². The summed E-state index contributed by atoms with van der Waals surface area (Å²) in [5.74, 6) is -0.856. The van der Waals surface area contributed by atoms with E-state index in [1.165, 1.54) is 18.2 Å². The molecule has 0 saturated carbocycles. The highest BCUT2D eigenvalue weighted by Crippen LogP contribution is 2.25. The highest BCUT2D eigenvalue weighted by atomic mass is 35.5. The Hall–Kier alpha value is -0.780. The van der Waals surface area contributed by atoms with Crippen LogP contribution < -0.4 is 0 Å². The van der Waals surface area contributed by atoms with E-state index >= 15 is 0 Å². The van der Waals surface area contributed by atoms with Gasteiger partial charge in [0.15, 0.2) is 9.84 Å². The SMILES string of the molecule is CCOC(=O)CCS(=O)(=O)c1ccc(Cl)c(Cl)c1. The van der Waals surface area contributed by atoms with Crippen molar-refractivity contribution in [2.75, 3.05) is 12.4 Å². The Morgan fingerprint density at radius 3 is 2.50 bits per heavy atom. The number of rotatable bonds is 5. The Balaban J connectivity index is 2.80. The normalized spacial score (nSPS) is 11.3. The van der Waals surface area contributed by atoms with Crippen molar-refractivity contribution in [3.63, 3.8) is 0 Å². The quantitative estimate of drug-likeness (QED) is 0.785. The zero-order valence-corrected chi connectivity index (χ0v) is 12.0. The highest BCUT2D eigenvalue weighted by molar-refractivity contribution is 7.91. The van der Waals surface area contributed by atoms with E-state index in [4.69, 9.17) is 23.2 Å². The maximum Gasteiger partial charge on any atom is 0.306 e. The van der Waals surface area contributed by atoms with Crippen LogP contribution in [-0.2, 0) is 19.4 Å². The topological polar surface area (TPSA) is 60.4 Å². The molecule has 0 aliphatic rings. The summed E-state index contributed by atoms with van der Waals surface area (Å²) in [4.78, 5) is 11.2. The van der Waals surface area contributed by atoms with Crippen LogP contribution in [0.15, 0.2) is 23.1 Å². The zero-order valence-electron chi connectivity index (χ0n) is 9.65. The maximum atomic E-state index is 11.9. The van der Waals surface area contributed by atoms with Crippen LogP contribution in [0, 0.1) is 0 Å². The van der Waals surface area contributed by atoms with Crippen molar-refractivity contribution in [1.82, 2.24) is 0 Å². The Labute approximate surface area is 116 Å². The van der Waals surface area contributed by atoms with Crippen molar-refractivity contribution < 1.29 is 17.9 Å². The van der Waals surface area contributed by atoms with Crippen molar-refractivity contribution in [2.24, 2.45) is 0 Å². The predicted molar refractivity (Wildman–Crippen MR) is 69.8 cm³/mol. The van der Waals surface area contributed by atoms with Crippen LogP contribution in [-0.4, -0.2) is 26.7 Å². The van der Waals surface area contributed by atoms with E-state index in [9.17, 15) is 13.2 Å². The van der Waals surface area contributed by atoms with E-state index < -0.39 is 15.8 Å². The summed E-state index contributed by atoms with van der Waals surface area (Å²) in [7, 11) is -3.56. The lowest BCUT2D eigenvalue weighted by Crippen LogP contribution is -2.13. The molecule has 100 valence electrons. The van der Waals surface area contributed by atoms with Gasteiger partial charge in [0, 0.05) is 0 Å². The molecular weight excluding hydrogens is 299 g/mol. The summed E-state index contributed by atoms with van der Waals surface area (Å²) in [5, 5.41) is 0.440.